The number of benzene rings is 4. The Hall–Kier alpha value is -5.70. The van der Waals surface area contributed by atoms with Gasteiger partial charge in [0.1, 0.15) is 35.9 Å². The van der Waals surface area contributed by atoms with E-state index in [1.807, 2.05) is 135 Å². The summed E-state index contributed by atoms with van der Waals surface area (Å²) in [5, 5.41) is 1.30. The lowest BCUT2D eigenvalue weighted by atomic mass is 10.0. The van der Waals surface area contributed by atoms with E-state index in [0.717, 1.165) is 33.4 Å². The Morgan fingerprint density at radius 3 is 1.30 bits per heavy atom. The zero-order valence-corrected chi connectivity index (χ0v) is 32.6. The van der Waals surface area contributed by atoms with E-state index in [4.69, 9.17) is 42.1 Å². The van der Waals surface area contributed by atoms with E-state index in [1.54, 1.807) is 24.8 Å². The number of ether oxygens (including phenoxy) is 4. The van der Waals surface area contributed by atoms with E-state index >= 15 is 0 Å². The first-order chi connectivity index (χ1) is 27.2. The van der Waals surface area contributed by atoms with Crippen LogP contribution in [0.2, 0.25) is 10.0 Å². The molecule has 0 N–H and O–H groups in total. The summed E-state index contributed by atoms with van der Waals surface area (Å²) < 4.78 is 24.3. The van der Waals surface area contributed by atoms with Gasteiger partial charge in [0.2, 0.25) is 0 Å². The van der Waals surface area contributed by atoms with Gasteiger partial charge in [-0.05, 0) is 134 Å². The van der Waals surface area contributed by atoms with Crippen molar-refractivity contribution in [3.05, 3.63) is 167 Å². The Morgan fingerprint density at radius 1 is 0.536 bits per heavy atom. The minimum absolute atomic E-state index is 0.377. The first kappa shape index (κ1) is 40.0. The molecule has 4 atom stereocenters. The summed E-state index contributed by atoms with van der Waals surface area (Å²) >= 11 is 12.4. The molecular formula is C46H42Cl2N2O6. The minimum Gasteiger partial charge on any atom is -0.487 e. The summed E-state index contributed by atoms with van der Waals surface area (Å²) in [5.74, 6) is -1.07. The number of aromatic nitrogens is 2. The van der Waals surface area contributed by atoms with Crippen LogP contribution in [0, 0.1) is 0 Å². The van der Waals surface area contributed by atoms with Crippen LogP contribution in [-0.4, -0.2) is 46.3 Å². The molecule has 0 saturated carbocycles. The van der Waals surface area contributed by atoms with Crippen molar-refractivity contribution >= 4 is 35.1 Å². The van der Waals surface area contributed by atoms with Crippen molar-refractivity contribution in [3.8, 4) is 33.8 Å². The number of aryl methyl sites for hydroxylation is 2. The van der Waals surface area contributed by atoms with E-state index in [-0.39, 0.29) is 0 Å². The monoisotopic (exact) mass is 788 g/mol. The molecule has 56 heavy (non-hydrogen) atoms. The summed E-state index contributed by atoms with van der Waals surface area (Å²) in [6.45, 7) is 3.61. The second kappa shape index (κ2) is 19.8. The van der Waals surface area contributed by atoms with Gasteiger partial charge in [0.25, 0.3) is 0 Å². The summed E-state index contributed by atoms with van der Waals surface area (Å²) in [6.07, 6.45) is 5.93. The van der Waals surface area contributed by atoms with Crippen LogP contribution in [0.5, 0.6) is 11.5 Å². The maximum atomic E-state index is 13.5. The van der Waals surface area contributed by atoms with Crippen molar-refractivity contribution in [2.45, 2.75) is 63.9 Å². The molecule has 0 aliphatic heterocycles. The average molecular weight is 790 g/mol. The van der Waals surface area contributed by atoms with Crippen LogP contribution in [0.3, 0.4) is 0 Å². The molecule has 10 heteroatoms. The van der Waals surface area contributed by atoms with Gasteiger partial charge < -0.3 is 18.9 Å². The number of pyridine rings is 2. The fraction of sp³-hybridized carbons (Fsp3) is 0.217. The van der Waals surface area contributed by atoms with E-state index in [0.29, 0.717) is 47.2 Å². The molecule has 8 nitrogen and oxygen atoms in total. The van der Waals surface area contributed by atoms with Crippen molar-refractivity contribution in [1.29, 1.82) is 0 Å². The average Bonchev–Trinajstić information content (AvgIpc) is 3.22. The molecule has 4 aromatic carbocycles. The predicted molar refractivity (Wildman–Crippen MR) is 219 cm³/mol. The van der Waals surface area contributed by atoms with Gasteiger partial charge in [-0.1, -0.05) is 83.9 Å². The Morgan fingerprint density at radius 2 is 0.946 bits per heavy atom. The van der Waals surface area contributed by atoms with Crippen LogP contribution < -0.4 is 9.47 Å². The van der Waals surface area contributed by atoms with Gasteiger partial charge in [0.15, 0.2) is 0 Å². The highest BCUT2D eigenvalue weighted by atomic mass is 35.5. The highest BCUT2D eigenvalue weighted by Gasteiger charge is 2.32. The first-order valence-corrected chi connectivity index (χ1v) is 19.2. The van der Waals surface area contributed by atoms with E-state index in [1.165, 1.54) is 0 Å². The topological polar surface area (TPSA) is 96.8 Å². The molecule has 2 aromatic heterocycles. The second-order valence-corrected chi connectivity index (χ2v) is 14.3. The predicted octanol–water partition coefficient (Wildman–Crippen LogP) is 10.4. The van der Waals surface area contributed by atoms with Crippen LogP contribution >= 0.6 is 23.2 Å². The van der Waals surface area contributed by atoms with Crippen molar-refractivity contribution in [2.75, 3.05) is 0 Å². The van der Waals surface area contributed by atoms with Crippen molar-refractivity contribution < 1.29 is 28.5 Å². The van der Waals surface area contributed by atoms with Gasteiger partial charge in [-0.2, -0.15) is 0 Å². The molecule has 2 heterocycles. The smallest absolute Gasteiger partial charge is 0.417 e. The molecule has 0 amide bonds. The largest absolute Gasteiger partial charge is 0.487 e. The van der Waals surface area contributed by atoms with Gasteiger partial charge in [-0.3, -0.25) is 9.97 Å². The number of halogens is 2. The lowest BCUT2D eigenvalue weighted by Gasteiger charge is -2.27. The minimum atomic E-state index is -1.11. The normalized spacial score (nSPS) is 13.1. The van der Waals surface area contributed by atoms with Gasteiger partial charge in [-0.15, -0.1) is 0 Å². The Kier molecular flexibility index (Phi) is 14.1. The van der Waals surface area contributed by atoms with E-state index < -0.39 is 36.4 Å². The molecule has 0 aliphatic carbocycles. The highest BCUT2D eigenvalue weighted by molar-refractivity contribution is 6.31. The molecule has 0 aliphatic rings. The number of rotatable bonds is 16. The molecular weight excluding hydrogens is 747 g/mol. The maximum absolute atomic E-state index is 13.5. The van der Waals surface area contributed by atoms with Crippen LogP contribution in [-0.2, 0) is 31.9 Å². The standard InChI is InChI=1S/C46H42Cl2N2O6/c1-31(53-41-19-15-35(16-20-41)37-9-3-11-39(47)27-37)43(23-13-33-7-5-25-49-29-33)55-45(51)46(52)56-44(24-14-34-8-6-26-50-30-34)32(2)54-42-21-17-36(18-22-42)38-10-4-12-40(48)28-38/h3-12,15-22,25-32,43-44H,13-14,23-24H2,1-2H3/t31-,32-,43-,44-/m0/s1. The zero-order chi connectivity index (χ0) is 39.3. The third-order valence-electron chi connectivity index (χ3n) is 9.28. The lowest BCUT2D eigenvalue weighted by Crippen LogP contribution is -2.40. The van der Waals surface area contributed by atoms with Crippen LogP contribution in [0.1, 0.15) is 37.8 Å². The number of hydrogen-bond donors (Lipinski definition) is 0. The molecule has 0 bridgehead atoms. The van der Waals surface area contributed by atoms with Crippen molar-refractivity contribution in [2.24, 2.45) is 0 Å². The number of carbonyl (C=O) groups is 2. The Balaban J connectivity index is 1.13. The van der Waals surface area contributed by atoms with Crippen molar-refractivity contribution in [1.82, 2.24) is 9.97 Å². The van der Waals surface area contributed by atoms with Crippen LogP contribution in [0.25, 0.3) is 22.3 Å². The summed E-state index contributed by atoms with van der Waals surface area (Å²) in [6, 6.07) is 37.9. The zero-order valence-electron chi connectivity index (χ0n) is 31.1. The Bertz CT molecular complexity index is 2010. The number of esters is 2. The molecule has 0 saturated heterocycles. The first-order valence-electron chi connectivity index (χ1n) is 18.4. The SMILES string of the molecule is C[C@H](Oc1ccc(-c2cccc(Cl)c2)cc1)[C@H](CCc1cccnc1)OC(=O)C(=O)O[C@@H](CCc1cccnc1)[C@H](C)Oc1ccc(-c2cccc(Cl)c2)cc1. The highest BCUT2D eigenvalue weighted by Crippen LogP contribution is 2.28. The third kappa shape index (κ3) is 11.7. The summed E-state index contributed by atoms with van der Waals surface area (Å²) in [7, 11) is 0. The van der Waals surface area contributed by atoms with E-state index in [2.05, 4.69) is 9.97 Å². The maximum Gasteiger partial charge on any atom is 0.417 e. The lowest BCUT2D eigenvalue weighted by molar-refractivity contribution is -0.179. The van der Waals surface area contributed by atoms with E-state index in [9.17, 15) is 9.59 Å². The number of nitrogens with zero attached hydrogens (tertiary/aromatic N) is 2. The molecule has 6 aromatic rings. The second-order valence-electron chi connectivity index (χ2n) is 13.4. The Labute approximate surface area is 337 Å². The third-order valence-corrected chi connectivity index (χ3v) is 9.75. The fourth-order valence-corrected chi connectivity index (χ4v) is 6.61. The molecule has 0 radical (unpaired) electrons. The summed E-state index contributed by atoms with van der Waals surface area (Å²) in [5.41, 5.74) is 5.81. The fourth-order valence-electron chi connectivity index (χ4n) is 6.23. The van der Waals surface area contributed by atoms with Gasteiger partial charge in [0, 0.05) is 34.8 Å². The molecule has 0 unspecified atom stereocenters. The summed E-state index contributed by atoms with van der Waals surface area (Å²) in [4.78, 5) is 35.4. The van der Waals surface area contributed by atoms with Crippen LogP contribution in [0.4, 0.5) is 0 Å². The van der Waals surface area contributed by atoms with Gasteiger partial charge >= 0.3 is 11.9 Å². The molecule has 0 spiro atoms. The molecule has 0 fully saturated rings. The number of carbonyl (C=O) groups excluding carboxylic acids is 2. The quantitative estimate of drug-likeness (QED) is 0.0706. The number of hydrogen-bond acceptors (Lipinski definition) is 8. The van der Waals surface area contributed by atoms with Crippen molar-refractivity contribution in [3.63, 3.8) is 0 Å². The van der Waals surface area contributed by atoms with Crippen LogP contribution in [0.15, 0.2) is 146 Å². The molecule has 6 rings (SSSR count). The van der Waals surface area contributed by atoms with Gasteiger partial charge in [0.05, 0.1) is 0 Å². The molecule has 286 valence electrons. The van der Waals surface area contributed by atoms with Gasteiger partial charge in [-0.25, -0.2) is 9.59 Å².